The van der Waals surface area contributed by atoms with E-state index in [1.54, 1.807) is 0 Å². The van der Waals surface area contributed by atoms with Gasteiger partial charge in [0.2, 0.25) is 0 Å². The molecule has 0 aromatic heterocycles. The van der Waals surface area contributed by atoms with Gasteiger partial charge in [-0.1, -0.05) is 20.3 Å². The topological polar surface area (TPSA) is 32.5 Å². The first kappa shape index (κ1) is 13.8. The molecular weight excluding hydrogens is 234 g/mol. The minimum absolute atomic E-state index is 0.335. The molecule has 3 fully saturated rings. The van der Waals surface area contributed by atoms with E-state index >= 15 is 0 Å². The van der Waals surface area contributed by atoms with E-state index in [2.05, 4.69) is 23.6 Å². The average Bonchev–Trinajstić information content (AvgIpc) is 2.85. The molecule has 3 aliphatic rings. The lowest BCUT2D eigenvalue weighted by atomic mass is 9.72. The Morgan fingerprint density at radius 3 is 2.47 bits per heavy atom. The van der Waals surface area contributed by atoms with Gasteiger partial charge in [-0.3, -0.25) is 4.90 Å². The number of hydrogen-bond acceptors (Lipinski definition) is 3. The zero-order valence-electron chi connectivity index (χ0n) is 12.8. The normalized spacial score (nSPS) is 42.5. The summed E-state index contributed by atoms with van der Waals surface area (Å²) in [6, 6.07) is 0. The Morgan fingerprint density at radius 1 is 1.11 bits per heavy atom. The molecule has 3 atom stereocenters. The monoisotopic (exact) mass is 265 g/mol. The second kappa shape index (κ2) is 5.01. The van der Waals surface area contributed by atoms with Crippen LogP contribution in [-0.4, -0.2) is 54.6 Å². The van der Waals surface area contributed by atoms with E-state index in [0.29, 0.717) is 11.0 Å². The highest BCUT2D eigenvalue weighted by Crippen LogP contribution is 2.43. The largest absolute Gasteiger partial charge is 0.329 e. The van der Waals surface area contributed by atoms with Crippen molar-refractivity contribution in [1.82, 2.24) is 9.80 Å². The van der Waals surface area contributed by atoms with E-state index in [9.17, 15) is 0 Å². The predicted molar refractivity (Wildman–Crippen MR) is 80.2 cm³/mol. The van der Waals surface area contributed by atoms with E-state index in [-0.39, 0.29) is 0 Å². The maximum Gasteiger partial charge on any atom is 0.0384 e. The third-order valence-electron chi connectivity index (χ3n) is 6.70. The van der Waals surface area contributed by atoms with Crippen molar-refractivity contribution in [2.45, 2.75) is 51.5 Å². The van der Waals surface area contributed by atoms with E-state index in [0.717, 1.165) is 12.5 Å². The summed E-state index contributed by atoms with van der Waals surface area (Å²) < 4.78 is 0. The summed E-state index contributed by atoms with van der Waals surface area (Å²) in [5.41, 5.74) is 7.21. The maximum atomic E-state index is 6.29. The third-order valence-corrected chi connectivity index (χ3v) is 6.70. The molecule has 0 saturated carbocycles. The summed E-state index contributed by atoms with van der Waals surface area (Å²) in [4.78, 5) is 5.43. The van der Waals surface area contributed by atoms with Crippen molar-refractivity contribution in [1.29, 1.82) is 0 Å². The van der Waals surface area contributed by atoms with Crippen molar-refractivity contribution in [2.75, 3.05) is 39.3 Å². The lowest BCUT2D eigenvalue weighted by Gasteiger charge is -2.53. The highest BCUT2D eigenvalue weighted by molar-refractivity contribution is 5.06. The summed E-state index contributed by atoms with van der Waals surface area (Å²) in [5.74, 6) is 0.831. The lowest BCUT2D eigenvalue weighted by Crippen LogP contribution is -2.64. The fraction of sp³-hybridized carbons (Fsp3) is 1.00. The van der Waals surface area contributed by atoms with Crippen LogP contribution in [0.2, 0.25) is 0 Å². The Bertz CT molecular complexity index is 322. The van der Waals surface area contributed by atoms with Crippen molar-refractivity contribution < 1.29 is 0 Å². The zero-order chi connectivity index (χ0) is 13.5. The number of hydrogen-bond donors (Lipinski definition) is 1. The first-order valence-corrected chi connectivity index (χ1v) is 8.29. The van der Waals surface area contributed by atoms with Crippen LogP contribution < -0.4 is 5.73 Å². The molecule has 3 saturated heterocycles. The Kier molecular flexibility index (Phi) is 3.65. The van der Waals surface area contributed by atoms with Crippen LogP contribution in [0.5, 0.6) is 0 Å². The summed E-state index contributed by atoms with van der Waals surface area (Å²) >= 11 is 0. The van der Waals surface area contributed by atoms with Crippen molar-refractivity contribution in [3.63, 3.8) is 0 Å². The zero-order valence-corrected chi connectivity index (χ0v) is 12.8. The van der Waals surface area contributed by atoms with Gasteiger partial charge in [0, 0.05) is 18.6 Å². The fourth-order valence-corrected chi connectivity index (χ4v) is 4.69. The molecule has 0 aromatic carbocycles. The minimum atomic E-state index is 0.335. The number of fused-ring (bicyclic) bond motifs is 2. The van der Waals surface area contributed by atoms with E-state index in [1.807, 2.05) is 0 Å². The molecule has 0 aliphatic carbocycles. The first-order chi connectivity index (χ1) is 9.12. The van der Waals surface area contributed by atoms with E-state index in [4.69, 9.17) is 5.73 Å². The van der Waals surface area contributed by atoms with Gasteiger partial charge in [-0.05, 0) is 63.2 Å². The summed E-state index contributed by atoms with van der Waals surface area (Å²) in [5, 5.41) is 0. The van der Waals surface area contributed by atoms with Gasteiger partial charge in [0.25, 0.3) is 0 Å². The molecule has 2 bridgehead atoms. The van der Waals surface area contributed by atoms with Crippen LogP contribution in [0.4, 0.5) is 0 Å². The van der Waals surface area contributed by atoms with Gasteiger partial charge in [-0.2, -0.15) is 0 Å². The highest BCUT2D eigenvalue weighted by Gasteiger charge is 2.49. The van der Waals surface area contributed by atoms with Gasteiger partial charge < -0.3 is 10.6 Å². The molecule has 3 rings (SSSR count). The second-order valence-corrected chi connectivity index (χ2v) is 7.50. The number of nitrogens with zero attached hydrogens (tertiary/aromatic N) is 2. The standard InChI is InChI=1S/C16H31N3/c1-3-15(2)5-10-19(11-6-15)16(13-17)7-9-18-8-4-14(16)12-18/h14H,3-13,17H2,1-2H3. The minimum Gasteiger partial charge on any atom is -0.329 e. The van der Waals surface area contributed by atoms with E-state index in [1.165, 1.54) is 64.8 Å². The molecule has 3 heteroatoms. The quantitative estimate of drug-likeness (QED) is 0.846. The summed E-state index contributed by atoms with van der Waals surface area (Å²) in [7, 11) is 0. The van der Waals surface area contributed by atoms with Gasteiger partial charge in [0.15, 0.2) is 0 Å². The molecule has 110 valence electrons. The highest BCUT2D eigenvalue weighted by atomic mass is 15.3. The van der Waals surface area contributed by atoms with Crippen LogP contribution in [0.25, 0.3) is 0 Å². The second-order valence-electron chi connectivity index (χ2n) is 7.50. The molecule has 2 N–H and O–H groups in total. The molecule has 3 aliphatic heterocycles. The smallest absolute Gasteiger partial charge is 0.0384 e. The Balaban J connectivity index is 1.73. The molecule has 0 spiro atoms. The average molecular weight is 265 g/mol. The maximum absolute atomic E-state index is 6.29. The number of piperidine rings is 2. The molecule has 0 radical (unpaired) electrons. The molecular formula is C16H31N3. The molecule has 0 aromatic rings. The van der Waals surface area contributed by atoms with E-state index < -0.39 is 0 Å². The first-order valence-electron chi connectivity index (χ1n) is 8.29. The number of nitrogens with two attached hydrogens (primary N) is 1. The number of likely N-dealkylation sites (tertiary alicyclic amines) is 1. The van der Waals surface area contributed by atoms with Gasteiger partial charge in [0.1, 0.15) is 0 Å². The van der Waals surface area contributed by atoms with Crippen LogP contribution >= 0.6 is 0 Å². The van der Waals surface area contributed by atoms with Crippen molar-refractivity contribution >= 4 is 0 Å². The molecule has 3 unspecified atom stereocenters. The number of rotatable bonds is 3. The SMILES string of the molecule is CCC1(C)CCN(C2(CN)CCN3CCC2C3)CC1. The Labute approximate surface area is 118 Å². The molecule has 0 amide bonds. The van der Waals surface area contributed by atoms with Crippen LogP contribution in [0.3, 0.4) is 0 Å². The Morgan fingerprint density at radius 2 is 1.84 bits per heavy atom. The summed E-state index contributed by atoms with van der Waals surface area (Å²) in [6.45, 7) is 12.1. The van der Waals surface area contributed by atoms with Crippen molar-refractivity contribution in [3.05, 3.63) is 0 Å². The van der Waals surface area contributed by atoms with Crippen LogP contribution in [0.15, 0.2) is 0 Å². The van der Waals surface area contributed by atoms with Crippen LogP contribution in [0, 0.1) is 11.3 Å². The Hall–Kier alpha value is -0.120. The van der Waals surface area contributed by atoms with Gasteiger partial charge in [0.05, 0.1) is 0 Å². The summed E-state index contributed by atoms with van der Waals surface area (Å²) in [6.07, 6.45) is 6.73. The lowest BCUT2D eigenvalue weighted by molar-refractivity contribution is -0.0296. The van der Waals surface area contributed by atoms with Gasteiger partial charge in [-0.25, -0.2) is 0 Å². The molecule has 19 heavy (non-hydrogen) atoms. The van der Waals surface area contributed by atoms with Crippen LogP contribution in [-0.2, 0) is 0 Å². The van der Waals surface area contributed by atoms with Crippen LogP contribution in [0.1, 0.15) is 46.0 Å². The fourth-order valence-electron chi connectivity index (χ4n) is 4.69. The predicted octanol–water partition coefficient (Wildman–Crippen LogP) is 1.92. The molecule has 3 heterocycles. The van der Waals surface area contributed by atoms with Gasteiger partial charge >= 0.3 is 0 Å². The third kappa shape index (κ3) is 2.24. The molecule has 3 nitrogen and oxygen atoms in total. The van der Waals surface area contributed by atoms with Crippen molar-refractivity contribution in [2.24, 2.45) is 17.1 Å². The van der Waals surface area contributed by atoms with Gasteiger partial charge in [-0.15, -0.1) is 0 Å². The van der Waals surface area contributed by atoms with Crippen molar-refractivity contribution in [3.8, 4) is 0 Å².